The van der Waals surface area contributed by atoms with E-state index in [1.165, 1.54) is 0 Å². The van der Waals surface area contributed by atoms with Crippen molar-refractivity contribution in [2.75, 3.05) is 0 Å². The number of pyridine rings is 1. The van der Waals surface area contributed by atoms with Gasteiger partial charge in [-0.1, -0.05) is 0 Å². The van der Waals surface area contributed by atoms with Gasteiger partial charge in [0.15, 0.2) is 18.9 Å². The molecule has 3 aromatic heterocycles. The van der Waals surface area contributed by atoms with Crippen LogP contribution in [0.4, 0.5) is 0 Å². The number of aryl methyl sites for hydroxylation is 2. The molecule has 0 aromatic carbocycles. The van der Waals surface area contributed by atoms with Gasteiger partial charge < -0.3 is 5.11 Å². The van der Waals surface area contributed by atoms with Gasteiger partial charge in [-0.25, -0.2) is 4.57 Å². The first kappa shape index (κ1) is 12.3. The lowest BCUT2D eigenvalue weighted by Gasteiger charge is -1.97. The van der Waals surface area contributed by atoms with Crippen LogP contribution in [0.1, 0.15) is 6.42 Å². The molecular weight excluding hydrogens is 260 g/mol. The minimum Gasteiger partial charge on any atom is -0.481 e. The molecule has 0 fully saturated rings. The monoisotopic (exact) mass is 273 g/mol. The molecule has 0 aliphatic rings. The molecule has 8 nitrogen and oxygen atoms in total. The average Bonchev–Trinajstić information content (AvgIpc) is 3.01. The Labute approximate surface area is 113 Å². The maximum absolute atomic E-state index is 10.5. The fraction of sp³-hybridized carbons (Fsp3) is 0.250. The van der Waals surface area contributed by atoms with Crippen molar-refractivity contribution in [1.82, 2.24) is 24.8 Å². The normalized spacial score (nSPS) is 11.1. The van der Waals surface area contributed by atoms with Gasteiger partial charge in [0.1, 0.15) is 6.42 Å². The highest BCUT2D eigenvalue weighted by Gasteiger charge is 2.12. The predicted octanol–water partition coefficient (Wildman–Crippen LogP) is -0.108. The van der Waals surface area contributed by atoms with Crippen LogP contribution in [0.15, 0.2) is 30.7 Å². The van der Waals surface area contributed by atoms with Crippen LogP contribution in [0.25, 0.3) is 16.8 Å². The van der Waals surface area contributed by atoms with Crippen molar-refractivity contribution in [2.45, 2.75) is 13.0 Å². The third kappa shape index (κ3) is 2.11. The fourth-order valence-corrected chi connectivity index (χ4v) is 2.00. The van der Waals surface area contributed by atoms with Gasteiger partial charge in [0.05, 0.1) is 18.8 Å². The molecule has 0 aliphatic heterocycles. The number of aromatic nitrogens is 6. The van der Waals surface area contributed by atoms with Crippen LogP contribution in [-0.4, -0.2) is 35.9 Å². The molecule has 0 bridgehead atoms. The molecule has 0 radical (unpaired) electrons. The number of tetrazole rings is 1. The van der Waals surface area contributed by atoms with E-state index in [1.54, 1.807) is 22.7 Å². The number of hydrogen-bond acceptors (Lipinski definition) is 4. The smallest absolute Gasteiger partial charge is 0.309 e. The lowest BCUT2D eigenvalue weighted by molar-refractivity contribution is -0.695. The fourth-order valence-electron chi connectivity index (χ4n) is 2.00. The van der Waals surface area contributed by atoms with Crippen LogP contribution in [0.5, 0.6) is 0 Å². The molecule has 20 heavy (non-hydrogen) atoms. The maximum Gasteiger partial charge on any atom is 0.309 e. The van der Waals surface area contributed by atoms with Crippen molar-refractivity contribution in [1.29, 1.82) is 0 Å². The van der Waals surface area contributed by atoms with Crippen molar-refractivity contribution < 1.29 is 14.5 Å². The summed E-state index contributed by atoms with van der Waals surface area (Å²) in [5.74, 6) is -0.806. The van der Waals surface area contributed by atoms with Gasteiger partial charge in [-0.05, 0) is 10.8 Å². The van der Waals surface area contributed by atoms with E-state index in [-0.39, 0.29) is 6.42 Å². The topological polar surface area (TPSA) is 89.2 Å². The molecule has 1 N–H and O–H groups in total. The first-order valence-electron chi connectivity index (χ1n) is 6.10. The van der Waals surface area contributed by atoms with Crippen LogP contribution in [0.2, 0.25) is 0 Å². The predicted molar refractivity (Wildman–Crippen MR) is 67.6 cm³/mol. The lowest BCUT2D eigenvalue weighted by atomic mass is 10.1. The van der Waals surface area contributed by atoms with Crippen LogP contribution >= 0.6 is 0 Å². The quantitative estimate of drug-likeness (QED) is 0.670. The Hall–Kier alpha value is -2.77. The Morgan fingerprint density at radius 3 is 2.85 bits per heavy atom. The second kappa shape index (κ2) is 4.72. The SMILES string of the molecule is Cn1nnc2c(-c3cc[n+](CCC(=O)O)cc3)cnn21. The van der Waals surface area contributed by atoms with E-state index in [4.69, 9.17) is 5.11 Å². The molecule has 3 heterocycles. The Morgan fingerprint density at radius 1 is 1.40 bits per heavy atom. The summed E-state index contributed by atoms with van der Waals surface area (Å²) in [6, 6.07) is 3.82. The minimum absolute atomic E-state index is 0.103. The highest BCUT2D eigenvalue weighted by atomic mass is 16.4. The molecule has 0 saturated heterocycles. The van der Waals surface area contributed by atoms with Gasteiger partial charge in [0.2, 0.25) is 5.65 Å². The summed E-state index contributed by atoms with van der Waals surface area (Å²) in [5, 5.41) is 20.8. The molecular formula is C12H13N6O2+. The summed E-state index contributed by atoms with van der Waals surface area (Å²) in [7, 11) is 1.77. The molecule has 3 rings (SSSR count). The Balaban J connectivity index is 1.89. The Kier molecular flexibility index (Phi) is 2.90. The van der Waals surface area contributed by atoms with E-state index < -0.39 is 5.97 Å². The molecule has 0 aliphatic carbocycles. The third-order valence-electron chi connectivity index (χ3n) is 3.06. The van der Waals surface area contributed by atoms with Gasteiger partial charge in [-0.3, -0.25) is 4.79 Å². The summed E-state index contributed by atoms with van der Waals surface area (Å²) < 4.78 is 3.44. The largest absolute Gasteiger partial charge is 0.481 e. The van der Waals surface area contributed by atoms with Crippen molar-refractivity contribution in [2.24, 2.45) is 7.05 Å². The second-order valence-electron chi connectivity index (χ2n) is 4.42. The summed E-state index contributed by atoms with van der Waals surface area (Å²) in [5.41, 5.74) is 2.55. The number of hydrogen-bond donors (Lipinski definition) is 1. The van der Waals surface area contributed by atoms with Crippen LogP contribution in [0, 0.1) is 0 Å². The average molecular weight is 273 g/mol. The van der Waals surface area contributed by atoms with E-state index >= 15 is 0 Å². The van der Waals surface area contributed by atoms with E-state index in [0.29, 0.717) is 12.2 Å². The highest BCUT2D eigenvalue weighted by Crippen LogP contribution is 2.21. The van der Waals surface area contributed by atoms with Crippen molar-refractivity contribution in [3.8, 4) is 11.1 Å². The van der Waals surface area contributed by atoms with E-state index in [9.17, 15) is 4.79 Å². The molecule has 8 heteroatoms. The first-order valence-corrected chi connectivity index (χ1v) is 6.10. The molecule has 0 amide bonds. The van der Waals surface area contributed by atoms with Gasteiger partial charge in [-0.2, -0.15) is 9.90 Å². The molecule has 0 atom stereocenters. The number of aliphatic carboxylic acids is 1. The van der Waals surface area contributed by atoms with E-state index in [1.807, 2.05) is 29.1 Å². The van der Waals surface area contributed by atoms with E-state index in [0.717, 1.165) is 11.1 Å². The summed E-state index contributed by atoms with van der Waals surface area (Å²) >= 11 is 0. The zero-order valence-corrected chi connectivity index (χ0v) is 10.8. The van der Waals surface area contributed by atoms with Crippen molar-refractivity contribution in [3.05, 3.63) is 30.7 Å². The third-order valence-corrected chi connectivity index (χ3v) is 3.06. The van der Waals surface area contributed by atoms with Gasteiger partial charge in [-0.15, -0.1) is 9.73 Å². The standard InChI is InChI=1S/C12H12N6O2/c1-16-15-14-12-10(8-13-18(12)16)9-2-5-17(6-3-9)7-4-11(19)20/h2-3,5-6,8H,4,7H2,1H3/p+1. The number of carboxylic acid groups (broad SMARTS) is 1. The maximum atomic E-state index is 10.5. The molecule has 3 aromatic rings. The van der Waals surface area contributed by atoms with Gasteiger partial charge in [0.25, 0.3) is 0 Å². The van der Waals surface area contributed by atoms with E-state index in [2.05, 4.69) is 15.4 Å². The van der Waals surface area contributed by atoms with Crippen molar-refractivity contribution >= 4 is 11.6 Å². The second-order valence-corrected chi connectivity index (χ2v) is 4.42. The van der Waals surface area contributed by atoms with Crippen LogP contribution in [0.3, 0.4) is 0 Å². The number of carboxylic acids is 1. The summed E-state index contributed by atoms with van der Waals surface area (Å²) in [6.45, 7) is 0.449. The van der Waals surface area contributed by atoms with Crippen LogP contribution in [-0.2, 0) is 18.4 Å². The molecule has 0 unspecified atom stereocenters. The number of nitrogens with zero attached hydrogens (tertiary/aromatic N) is 6. The van der Waals surface area contributed by atoms with Gasteiger partial charge >= 0.3 is 5.97 Å². The number of fused-ring (bicyclic) bond motifs is 1. The highest BCUT2D eigenvalue weighted by molar-refractivity contribution is 5.75. The molecule has 0 spiro atoms. The minimum atomic E-state index is -0.806. The Morgan fingerprint density at radius 2 is 2.15 bits per heavy atom. The lowest BCUT2D eigenvalue weighted by Crippen LogP contribution is -2.33. The summed E-state index contributed by atoms with van der Waals surface area (Å²) in [6.07, 6.45) is 5.53. The number of rotatable bonds is 4. The van der Waals surface area contributed by atoms with Crippen LogP contribution < -0.4 is 4.57 Å². The zero-order chi connectivity index (χ0) is 14.1. The molecule has 102 valence electrons. The summed E-state index contributed by atoms with van der Waals surface area (Å²) in [4.78, 5) is 12.1. The zero-order valence-electron chi connectivity index (χ0n) is 10.8. The van der Waals surface area contributed by atoms with Crippen molar-refractivity contribution in [3.63, 3.8) is 0 Å². The molecule has 0 saturated carbocycles. The first-order chi connectivity index (χ1) is 9.65. The number of carbonyl (C=O) groups is 1. The van der Waals surface area contributed by atoms with Gasteiger partial charge in [0, 0.05) is 12.1 Å². The Bertz CT molecular complexity index is 758.